The number of aryl methyl sites for hydroxylation is 1. The van der Waals surface area contributed by atoms with Crippen molar-refractivity contribution in [1.29, 1.82) is 0 Å². The van der Waals surface area contributed by atoms with E-state index in [9.17, 15) is 8.42 Å². The van der Waals surface area contributed by atoms with E-state index < -0.39 is 20.4 Å². The SMILES string of the molecule is Cc1ccc(S(=O)(=O)OS(c2c(I)cc(I)cc2I)(c2c(I)cc(I)cc2I)c2c(I)cc(I)cc2I)cc1. The second-order valence-electron chi connectivity index (χ2n) is 7.99. The third-order valence-electron chi connectivity index (χ3n) is 5.25. The standard InChI is InChI=1S/C25H13I9O3S2/c1-12-2-4-16(5-3-12)39(35,36)37-38(23-17(29)6-13(26)7-18(23)30,24-19(31)8-14(27)9-20(24)32)25-21(33)10-15(28)11-22(25)34/h2-11H,1H3. The highest BCUT2D eigenvalue weighted by atomic mass is 127. The van der Waals surface area contributed by atoms with Gasteiger partial charge in [0.05, 0.1) is 4.90 Å². The minimum atomic E-state index is -4.20. The van der Waals surface area contributed by atoms with Gasteiger partial charge in [-0.15, -0.1) is 0 Å². The van der Waals surface area contributed by atoms with E-state index >= 15 is 0 Å². The van der Waals surface area contributed by atoms with Crippen molar-refractivity contribution in [2.75, 3.05) is 0 Å². The van der Waals surface area contributed by atoms with Gasteiger partial charge in [-0.3, -0.25) is 0 Å². The number of hydrogen-bond acceptors (Lipinski definition) is 3. The van der Waals surface area contributed by atoms with Gasteiger partial charge in [0.1, 0.15) is 0 Å². The molecule has 0 aliphatic carbocycles. The molecule has 0 atom stereocenters. The molecule has 0 aromatic heterocycles. The molecule has 4 aromatic carbocycles. The van der Waals surface area contributed by atoms with Crippen LogP contribution in [-0.2, 0) is 13.7 Å². The van der Waals surface area contributed by atoms with Crippen molar-refractivity contribution < 1.29 is 12.0 Å². The summed E-state index contributed by atoms with van der Waals surface area (Å²) in [6, 6.07) is 19.5. The van der Waals surface area contributed by atoms with Crippen LogP contribution >= 0.6 is 214 Å². The summed E-state index contributed by atoms with van der Waals surface area (Å²) in [4.78, 5) is 2.84. The van der Waals surface area contributed by atoms with Gasteiger partial charge in [-0.2, -0.15) is 8.42 Å². The van der Waals surface area contributed by atoms with Crippen molar-refractivity contribution in [3.63, 3.8) is 0 Å². The Morgan fingerprint density at radius 3 is 1.08 bits per heavy atom. The van der Waals surface area contributed by atoms with Gasteiger partial charge >= 0.3 is 10.1 Å². The van der Waals surface area contributed by atoms with Gasteiger partial charge in [-0.1, -0.05) is 17.7 Å². The quantitative estimate of drug-likeness (QED) is 0.181. The van der Waals surface area contributed by atoms with Gasteiger partial charge in [0.2, 0.25) is 0 Å². The molecule has 0 fully saturated rings. The average Bonchev–Trinajstić information content (AvgIpc) is 2.76. The second kappa shape index (κ2) is 14.6. The summed E-state index contributed by atoms with van der Waals surface area (Å²) in [5.41, 5.74) is 0.984. The molecule has 4 rings (SSSR count). The lowest BCUT2D eigenvalue weighted by Gasteiger charge is -2.43. The fraction of sp³-hybridized carbons (Fsp3) is 0.0400. The Morgan fingerprint density at radius 2 is 0.795 bits per heavy atom. The first-order chi connectivity index (χ1) is 18.2. The largest absolute Gasteiger partial charge is 0.307 e. The van der Waals surface area contributed by atoms with Crippen molar-refractivity contribution in [3.8, 4) is 0 Å². The average molecular weight is 1570 g/mol. The van der Waals surface area contributed by atoms with Crippen LogP contribution in [0.1, 0.15) is 5.56 Å². The van der Waals surface area contributed by atoms with Crippen LogP contribution in [0.5, 0.6) is 0 Å². The van der Waals surface area contributed by atoms with E-state index in [2.05, 4.69) is 240 Å². The molecule has 0 N–H and O–H groups in total. The van der Waals surface area contributed by atoms with Gasteiger partial charge < -0.3 is 0 Å². The molecule has 0 saturated heterocycles. The summed E-state index contributed by atoms with van der Waals surface area (Å²) in [6.07, 6.45) is 0. The minimum Gasteiger partial charge on any atom is -0.203 e. The van der Waals surface area contributed by atoms with Gasteiger partial charge in [0.15, 0.2) is 0 Å². The van der Waals surface area contributed by atoms with Crippen LogP contribution in [0.3, 0.4) is 0 Å². The zero-order chi connectivity index (χ0) is 28.9. The normalized spacial score (nSPS) is 12.6. The topological polar surface area (TPSA) is 43.4 Å². The molecule has 0 amide bonds. The number of benzene rings is 4. The molecule has 39 heavy (non-hydrogen) atoms. The molecule has 0 bridgehead atoms. The molecule has 0 spiro atoms. The van der Waals surface area contributed by atoms with E-state index in [4.69, 9.17) is 3.63 Å². The molecule has 0 heterocycles. The Balaban J connectivity index is 2.28. The first-order valence-corrected chi connectivity index (χ1v) is 23.1. The number of hydrogen-bond donors (Lipinski definition) is 0. The second-order valence-corrected chi connectivity index (χ2v) is 23.0. The third-order valence-corrected chi connectivity index (χ3v) is 19.8. The van der Waals surface area contributed by atoms with Crippen LogP contribution < -0.4 is 0 Å². The van der Waals surface area contributed by atoms with Crippen LogP contribution in [0, 0.1) is 39.1 Å². The summed E-state index contributed by atoms with van der Waals surface area (Å²) in [7, 11) is -7.02. The monoisotopic (exact) mass is 1570 g/mol. The zero-order valence-corrected chi connectivity index (χ0v) is 40.3. The number of rotatable bonds is 6. The Morgan fingerprint density at radius 1 is 0.513 bits per heavy atom. The maximum atomic E-state index is 14.3. The van der Waals surface area contributed by atoms with Gasteiger partial charge in [-0.25, -0.2) is 3.63 Å². The van der Waals surface area contributed by atoms with Crippen molar-refractivity contribution in [1.82, 2.24) is 0 Å². The van der Waals surface area contributed by atoms with Crippen LogP contribution in [-0.4, -0.2) is 8.42 Å². The first kappa shape index (κ1) is 35.6. The van der Waals surface area contributed by atoms with E-state index in [0.717, 1.165) is 52.4 Å². The van der Waals surface area contributed by atoms with Crippen LogP contribution in [0.4, 0.5) is 0 Å². The summed E-state index contributed by atoms with van der Waals surface area (Å²) in [5.74, 6) is 0. The Kier molecular flexibility index (Phi) is 13.4. The Hall–Kier alpha value is 3.71. The van der Waals surface area contributed by atoms with Crippen molar-refractivity contribution in [2.45, 2.75) is 26.5 Å². The molecule has 206 valence electrons. The summed E-state index contributed by atoms with van der Waals surface area (Å²) >= 11 is 21.0. The summed E-state index contributed by atoms with van der Waals surface area (Å²) < 4.78 is 44.5. The molecule has 0 radical (unpaired) electrons. The highest BCUT2D eigenvalue weighted by Crippen LogP contribution is 2.75. The lowest BCUT2D eigenvalue weighted by atomic mass is 10.2. The summed E-state index contributed by atoms with van der Waals surface area (Å²) in [5, 5.41) is 0. The number of halogens is 9. The van der Waals surface area contributed by atoms with E-state index in [1.165, 1.54) is 0 Å². The zero-order valence-electron chi connectivity index (χ0n) is 19.2. The van der Waals surface area contributed by atoms with Crippen molar-refractivity contribution >= 4 is 224 Å². The predicted octanol–water partition coefficient (Wildman–Crippen LogP) is 12.0. The van der Waals surface area contributed by atoms with E-state index in [-0.39, 0.29) is 4.90 Å². The fourth-order valence-corrected chi connectivity index (χ4v) is 25.3. The lowest BCUT2D eigenvalue weighted by Crippen LogP contribution is -2.20. The Bertz CT molecular complexity index is 1500. The van der Waals surface area contributed by atoms with Gasteiger partial charge in [-0.05, 0) is 269 Å². The molecular weight excluding hydrogens is 1550 g/mol. The molecule has 0 aliphatic rings. The summed E-state index contributed by atoms with van der Waals surface area (Å²) in [6.45, 7) is 1.94. The third kappa shape index (κ3) is 7.82. The van der Waals surface area contributed by atoms with Crippen LogP contribution in [0.2, 0.25) is 0 Å². The minimum absolute atomic E-state index is 0.145. The Labute approximate surface area is 353 Å². The molecule has 14 heteroatoms. The molecule has 0 saturated carbocycles. The molecular formula is C25H13I9O3S2. The van der Waals surface area contributed by atoms with Gasteiger partial charge in [0.25, 0.3) is 0 Å². The highest BCUT2D eigenvalue weighted by Gasteiger charge is 2.46. The smallest absolute Gasteiger partial charge is 0.203 e. The molecule has 0 unspecified atom stereocenters. The predicted molar refractivity (Wildman–Crippen MR) is 236 cm³/mol. The first-order valence-electron chi connectivity index (χ1n) is 10.5. The van der Waals surface area contributed by atoms with E-state index in [0.29, 0.717) is 0 Å². The van der Waals surface area contributed by atoms with Gasteiger partial charge in [0, 0.05) is 46.8 Å². The molecule has 0 aliphatic heterocycles. The van der Waals surface area contributed by atoms with Crippen molar-refractivity contribution in [2.24, 2.45) is 0 Å². The highest BCUT2D eigenvalue weighted by molar-refractivity contribution is 14.1. The van der Waals surface area contributed by atoms with Crippen molar-refractivity contribution in [3.05, 3.63) is 98.4 Å². The van der Waals surface area contributed by atoms with E-state index in [1.54, 1.807) is 12.1 Å². The van der Waals surface area contributed by atoms with E-state index in [1.807, 2.05) is 19.1 Å². The maximum absolute atomic E-state index is 14.3. The molecule has 3 nitrogen and oxygen atoms in total. The molecule has 4 aromatic rings. The van der Waals surface area contributed by atoms with Crippen LogP contribution in [0.15, 0.2) is 80.2 Å². The maximum Gasteiger partial charge on any atom is 0.307 e. The lowest BCUT2D eigenvalue weighted by molar-refractivity contribution is 0.507. The fourth-order valence-electron chi connectivity index (χ4n) is 3.70. The van der Waals surface area contributed by atoms with Crippen LogP contribution in [0.25, 0.3) is 0 Å².